The summed E-state index contributed by atoms with van der Waals surface area (Å²) < 4.78 is 43.9. The number of alkyl halides is 3. The number of benzene rings is 2. The van der Waals surface area contributed by atoms with Crippen LogP contribution in [0.3, 0.4) is 0 Å². The molecular formula is C18H16F3N3O5. The molecule has 29 heavy (non-hydrogen) atoms. The van der Waals surface area contributed by atoms with Crippen molar-refractivity contribution in [2.75, 3.05) is 17.2 Å². The molecule has 0 saturated carbocycles. The van der Waals surface area contributed by atoms with Crippen molar-refractivity contribution in [2.45, 2.75) is 13.1 Å². The molecule has 0 aromatic heterocycles. The SMILES string of the molecule is CC(COc1ccc(NC=O)cc1)C(=O)Nc1ccc(C(F)(F)F)c([N+](=O)[O-])c1. The van der Waals surface area contributed by atoms with Crippen molar-refractivity contribution in [3.8, 4) is 5.75 Å². The van der Waals surface area contributed by atoms with Gasteiger partial charge in [-0.2, -0.15) is 13.2 Å². The fourth-order valence-corrected chi connectivity index (χ4v) is 2.28. The average Bonchev–Trinajstić information content (AvgIpc) is 2.66. The van der Waals surface area contributed by atoms with E-state index in [4.69, 9.17) is 4.74 Å². The first-order chi connectivity index (χ1) is 13.6. The molecule has 0 radical (unpaired) electrons. The number of rotatable bonds is 8. The van der Waals surface area contributed by atoms with E-state index in [0.717, 1.165) is 6.07 Å². The van der Waals surface area contributed by atoms with E-state index in [1.54, 1.807) is 24.3 Å². The zero-order valence-electron chi connectivity index (χ0n) is 15.0. The van der Waals surface area contributed by atoms with Crippen molar-refractivity contribution in [1.82, 2.24) is 0 Å². The highest BCUT2D eigenvalue weighted by atomic mass is 19.4. The lowest BCUT2D eigenvalue weighted by Gasteiger charge is -2.14. The molecule has 0 spiro atoms. The molecule has 0 aliphatic carbocycles. The minimum absolute atomic E-state index is 0.0466. The van der Waals surface area contributed by atoms with E-state index in [2.05, 4.69) is 10.6 Å². The number of carbonyl (C=O) groups excluding carboxylic acids is 2. The number of nitro groups is 1. The first-order valence-electron chi connectivity index (χ1n) is 8.21. The summed E-state index contributed by atoms with van der Waals surface area (Å²) in [7, 11) is 0. The summed E-state index contributed by atoms with van der Waals surface area (Å²) in [6.45, 7) is 1.48. The van der Waals surface area contributed by atoms with Crippen LogP contribution < -0.4 is 15.4 Å². The second kappa shape index (κ2) is 9.04. The monoisotopic (exact) mass is 411 g/mol. The number of hydrogen-bond acceptors (Lipinski definition) is 5. The molecule has 154 valence electrons. The highest BCUT2D eigenvalue weighted by molar-refractivity contribution is 5.92. The second-order valence-corrected chi connectivity index (χ2v) is 5.97. The Kier molecular flexibility index (Phi) is 6.75. The van der Waals surface area contributed by atoms with Gasteiger partial charge in [-0.05, 0) is 36.4 Å². The third kappa shape index (κ3) is 5.92. The summed E-state index contributed by atoms with van der Waals surface area (Å²) in [4.78, 5) is 32.3. The molecule has 1 unspecified atom stereocenters. The van der Waals surface area contributed by atoms with Gasteiger partial charge in [0, 0.05) is 17.4 Å². The Hall–Kier alpha value is -3.63. The standard InChI is InChI=1S/C18H16F3N3O5/c1-11(9-29-14-5-2-12(3-6-14)22-10-25)17(26)23-13-4-7-15(18(19,20)21)16(8-13)24(27)28/h2-8,10-11H,9H2,1H3,(H,22,25)(H,23,26). The molecule has 2 rings (SSSR count). The van der Waals surface area contributed by atoms with E-state index in [1.807, 2.05) is 0 Å². The van der Waals surface area contributed by atoms with Crippen molar-refractivity contribution in [2.24, 2.45) is 5.92 Å². The predicted molar refractivity (Wildman–Crippen MR) is 97.5 cm³/mol. The van der Waals surface area contributed by atoms with E-state index in [1.165, 1.54) is 6.92 Å². The number of nitrogens with one attached hydrogen (secondary N) is 2. The second-order valence-electron chi connectivity index (χ2n) is 5.97. The number of nitro benzene ring substituents is 1. The van der Waals surface area contributed by atoms with E-state index < -0.39 is 34.2 Å². The van der Waals surface area contributed by atoms with Gasteiger partial charge in [-0.1, -0.05) is 6.92 Å². The van der Waals surface area contributed by atoms with E-state index in [-0.39, 0.29) is 12.3 Å². The summed E-state index contributed by atoms with van der Waals surface area (Å²) in [5, 5.41) is 15.7. The van der Waals surface area contributed by atoms with Crippen molar-refractivity contribution in [3.05, 3.63) is 58.1 Å². The molecule has 2 aromatic rings. The molecule has 0 bridgehead atoms. The highest BCUT2D eigenvalue weighted by Crippen LogP contribution is 2.37. The smallest absolute Gasteiger partial charge is 0.423 e. The molecule has 1 atom stereocenters. The van der Waals surface area contributed by atoms with Gasteiger partial charge >= 0.3 is 6.18 Å². The van der Waals surface area contributed by atoms with Gasteiger partial charge in [0.15, 0.2) is 0 Å². The molecule has 0 heterocycles. The zero-order chi connectivity index (χ0) is 21.6. The topological polar surface area (TPSA) is 111 Å². The van der Waals surface area contributed by atoms with Crippen molar-refractivity contribution in [1.29, 1.82) is 0 Å². The third-order valence-electron chi connectivity index (χ3n) is 3.79. The maximum Gasteiger partial charge on any atom is 0.423 e. The van der Waals surface area contributed by atoms with E-state index in [9.17, 15) is 32.9 Å². The molecule has 0 aliphatic heterocycles. The number of carbonyl (C=O) groups is 2. The van der Waals surface area contributed by atoms with Crippen LogP contribution in [0.5, 0.6) is 5.75 Å². The predicted octanol–water partition coefficient (Wildman–Crippen LogP) is 3.84. The minimum Gasteiger partial charge on any atom is -0.493 e. The molecule has 0 saturated heterocycles. The summed E-state index contributed by atoms with van der Waals surface area (Å²) >= 11 is 0. The van der Waals surface area contributed by atoms with Gasteiger partial charge in [0.25, 0.3) is 5.69 Å². The lowest BCUT2D eigenvalue weighted by Crippen LogP contribution is -2.25. The maximum atomic E-state index is 12.8. The van der Waals surface area contributed by atoms with E-state index >= 15 is 0 Å². The summed E-state index contributed by atoms with van der Waals surface area (Å²) in [6.07, 6.45) is -4.36. The van der Waals surface area contributed by atoms with Crippen LogP contribution >= 0.6 is 0 Å². The van der Waals surface area contributed by atoms with Gasteiger partial charge in [-0.3, -0.25) is 19.7 Å². The first-order valence-corrected chi connectivity index (χ1v) is 8.21. The van der Waals surface area contributed by atoms with Crippen LogP contribution in [-0.4, -0.2) is 23.8 Å². The molecule has 0 fully saturated rings. The van der Waals surface area contributed by atoms with Crippen molar-refractivity contribution >= 4 is 29.4 Å². The van der Waals surface area contributed by atoms with Crippen LogP contribution in [0.25, 0.3) is 0 Å². The van der Waals surface area contributed by atoms with Crippen LogP contribution in [0.4, 0.5) is 30.2 Å². The molecule has 2 amide bonds. The van der Waals surface area contributed by atoms with Crippen LogP contribution in [0.15, 0.2) is 42.5 Å². The van der Waals surface area contributed by atoms with Crippen LogP contribution in [0, 0.1) is 16.0 Å². The van der Waals surface area contributed by atoms with Crippen LogP contribution in [0.1, 0.15) is 12.5 Å². The van der Waals surface area contributed by atoms with Crippen LogP contribution in [-0.2, 0) is 15.8 Å². The number of halogens is 3. The van der Waals surface area contributed by atoms with Crippen molar-refractivity contribution in [3.63, 3.8) is 0 Å². The van der Waals surface area contributed by atoms with Gasteiger partial charge in [0.05, 0.1) is 17.4 Å². The lowest BCUT2D eigenvalue weighted by molar-refractivity contribution is -0.388. The van der Waals surface area contributed by atoms with Gasteiger partial charge in [-0.25, -0.2) is 0 Å². The fraction of sp³-hybridized carbons (Fsp3) is 0.222. The number of anilines is 2. The third-order valence-corrected chi connectivity index (χ3v) is 3.79. The number of hydrogen-bond donors (Lipinski definition) is 2. The van der Waals surface area contributed by atoms with Gasteiger partial charge in [0.1, 0.15) is 11.3 Å². The molecular weight excluding hydrogens is 395 g/mol. The van der Waals surface area contributed by atoms with Gasteiger partial charge in [-0.15, -0.1) is 0 Å². The maximum absolute atomic E-state index is 12.8. The molecule has 0 aliphatic rings. The summed E-state index contributed by atoms with van der Waals surface area (Å²) in [5.74, 6) is -0.853. The number of ether oxygens (including phenoxy) is 1. The van der Waals surface area contributed by atoms with Gasteiger partial charge < -0.3 is 15.4 Å². The van der Waals surface area contributed by atoms with Crippen molar-refractivity contribution < 1.29 is 32.4 Å². The fourth-order valence-electron chi connectivity index (χ4n) is 2.28. The largest absolute Gasteiger partial charge is 0.493 e. The Morgan fingerprint density at radius 1 is 1.21 bits per heavy atom. The lowest BCUT2D eigenvalue weighted by atomic mass is 10.1. The molecule has 2 N–H and O–H groups in total. The highest BCUT2D eigenvalue weighted by Gasteiger charge is 2.38. The van der Waals surface area contributed by atoms with Gasteiger partial charge in [0.2, 0.25) is 12.3 Å². The molecule has 11 heteroatoms. The first kappa shape index (κ1) is 21.7. The number of amides is 2. The normalized spacial score (nSPS) is 12.0. The Balaban J connectivity index is 2.00. The Morgan fingerprint density at radius 2 is 1.83 bits per heavy atom. The minimum atomic E-state index is -4.89. The number of nitrogens with zero attached hydrogens (tertiary/aromatic N) is 1. The van der Waals surface area contributed by atoms with Crippen LogP contribution in [0.2, 0.25) is 0 Å². The Morgan fingerprint density at radius 3 is 2.38 bits per heavy atom. The molecule has 8 nitrogen and oxygen atoms in total. The average molecular weight is 411 g/mol. The summed E-state index contributed by atoms with van der Waals surface area (Å²) in [6, 6.07) is 8.49. The quantitative estimate of drug-likeness (QED) is 0.390. The molecule has 2 aromatic carbocycles. The Labute approximate surface area is 162 Å². The summed E-state index contributed by atoms with van der Waals surface area (Å²) in [5.41, 5.74) is -2.12. The Bertz CT molecular complexity index is 901. The zero-order valence-corrected chi connectivity index (χ0v) is 15.0. The van der Waals surface area contributed by atoms with E-state index in [0.29, 0.717) is 30.0 Å².